The van der Waals surface area contributed by atoms with Crippen LogP contribution in [0, 0.1) is 0 Å². The molecule has 0 bridgehead atoms. The molecule has 16 heavy (non-hydrogen) atoms. The molecule has 0 aliphatic carbocycles. The first-order valence-electron chi connectivity index (χ1n) is 4.71. The monoisotopic (exact) mass is 223 g/mol. The molecule has 1 aromatic rings. The van der Waals surface area contributed by atoms with Crippen molar-refractivity contribution < 1.29 is 19.1 Å². The third-order valence-electron chi connectivity index (χ3n) is 1.93. The van der Waals surface area contributed by atoms with Crippen LogP contribution >= 0.6 is 0 Å². The summed E-state index contributed by atoms with van der Waals surface area (Å²) in [5.74, 6) is -0.979. The first-order valence-corrected chi connectivity index (χ1v) is 4.71. The second-order valence-electron chi connectivity index (χ2n) is 3.07. The highest BCUT2D eigenvalue weighted by Gasteiger charge is 2.07. The molecular weight excluding hydrogens is 210 g/mol. The standard InChI is InChI=1S/C11H13NO4/c1-15-6-7-16-11(14)9-4-2-8(3-5-9)10(12)13/h2-5H,6-7H2,1H3,(H2,12,13). The van der Waals surface area contributed by atoms with Crippen LogP contribution in [0.4, 0.5) is 0 Å². The number of rotatable bonds is 5. The molecule has 5 nitrogen and oxygen atoms in total. The van der Waals surface area contributed by atoms with Crippen LogP contribution in [0.2, 0.25) is 0 Å². The predicted molar refractivity (Wildman–Crippen MR) is 57.1 cm³/mol. The van der Waals surface area contributed by atoms with Gasteiger partial charge < -0.3 is 15.2 Å². The van der Waals surface area contributed by atoms with E-state index in [2.05, 4.69) is 0 Å². The number of benzene rings is 1. The second kappa shape index (κ2) is 5.87. The van der Waals surface area contributed by atoms with Crippen molar-refractivity contribution in [3.8, 4) is 0 Å². The van der Waals surface area contributed by atoms with Gasteiger partial charge in [-0.25, -0.2) is 4.79 Å². The number of carbonyl (C=O) groups excluding carboxylic acids is 2. The van der Waals surface area contributed by atoms with E-state index in [1.807, 2.05) is 0 Å². The summed E-state index contributed by atoms with van der Waals surface area (Å²) >= 11 is 0. The van der Waals surface area contributed by atoms with E-state index < -0.39 is 11.9 Å². The molecule has 0 atom stereocenters. The molecule has 0 heterocycles. The van der Waals surface area contributed by atoms with Crippen molar-refractivity contribution in [3.05, 3.63) is 35.4 Å². The topological polar surface area (TPSA) is 78.6 Å². The fourth-order valence-corrected chi connectivity index (χ4v) is 1.07. The molecule has 0 aliphatic rings. The van der Waals surface area contributed by atoms with Crippen LogP contribution in [0.1, 0.15) is 20.7 Å². The van der Waals surface area contributed by atoms with E-state index in [1.165, 1.54) is 31.4 Å². The van der Waals surface area contributed by atoms with Crippen LogP contribution in [0.3, 0.4) is 0 Å². The molecule has 1 rings (SSSR count). The Hall–Kier alpha value is -1.88. The summed E-state index contributed by atoms with van der Waals surface area (Å²) in [5, 5.41) is 0. The summed E-state index contributed by atoms with van der Waals surface area (Å²) in [6, 6.07) is 5.95. The Bertz CT molecular complexity index is 372. The van der Waals surface area contributed by atoms with Crippen LogP contribution in [-0.4, -0.2) is 32.2 Å². The van der Waals surface area contributed by atoms with Gasteiger partial charge in [-0.3, -0.25) is 4.79 Å². The minimum Gasteiger partial charge on any atom is -0.460 e. The number of carbonyl (C=O) groups is 2. The van der Waals surface area contributed by atoms with Crippen molar-refractivity contribution >= 4 is 11.9 Å². The smallest absolute Gasteiger partial charge is 0.338 e. The van der Waals surface area contributed by atoms with Crippen LogP contribution < -0.4 is 5.73 Å². The van der Waals surface area contributed by atoms with Crippen LogP contribution in [-0.2, 0) is 9.47 Å². The zero-order chi connectivity index (χ0) is 12.0. The van der Waals surface area contributed by atoms with Crippen molar-refractivity contribution in [2.45, 2.75) is 0 Å². The Morgan fingerprint density at radius 1 is 1.12 bits per heavy atom. The first kappa shape index (κ1) is 12.2. The van der Waals surface area contributed by atoms with E-state index in [4.69, 9.17) is 15.2 Å². The maximum Gasteiger partial charge on any atom is 0.338 e. The van der Waals surface area contributed by atoms with Gasteiger partial charge in [-0.15, -0.1) is 0 Å². The molecule has 0 fully saturated rings. The molecule has 1 aromatic carbocycles. The van der Waals surface area contributed by atoms with Gasteiger partial charge in [0.1, 0.15) is 6.61 Å². The van der Waals surface area contributed by atoms with E-state index in [1.54, 1.807) is 0 Å². The summed E-state index contributed by atoms with van der Waals surface area (Å²) in [6.45, 7) is 0.554. The number of primary amides is 1. The van der Waals surface area contributed by atoms with Crippen molar-refractivity contribution in [3.63, 3.8) is 0 Å². The van der Waals surface area contributed by atoms with Gasteiger partial charge in [-0.1, -0.05) is 0 Å². The second-order valence-corrected chi connectivity index (χ2v) is 3.07. The largest absolute Gasteiger partial charge is 0.460 e. The van der Waals surface area contributed by atoms with E-state index in [9.17, 15) is 9.59 Å². The van der Waals surface area contributed by atoms with Crippen LogP contribution in [0.15, 0.2) is 24.3 Å². The Labute approximate surface area is 93.1 Å². The molecule has 1 amide bonds. The Balaban J connectivity index is 2.59. The quantitative estimate of drug-likeness (QED) is 0.585. The molecule has 0 saturated heterocycles. The van der Waals surface area contributed by atoms with Gasteiger partial charge in [0.25, 0.3) is 0 Å². The lowest BCUT2D eigenvalue weighted by Crippen LogP contribution is -2.12. The highest BCUT2D eigenvalue weighted by molar-refractivity contribution is 5.95. The van der Waals surface area contributed by atoms with Gasteiger partial charge >= 0.3 is 5.97 Å². The molecule has 0 radical (unpaired) electrons. The predicted octanol–water partition coefficient (Wildman–Crippen LogP) is 0.589. The molecule has 5 heteroatoms. The Kier molecular flexibility index (Phi) is 4.47. The third kappa shape index (κ3) is 3.36. The highest BCUT2D eigenvalue weighted by Crippen LogP contribution is 2.05. The number of methoxy groups -OCH3 is 1. The van der Waals surface area contributed by atoms with E-state index in [0.29, 0.717) is 17.7 Å². The van der Waals surface area contributed by atoms with Crippen molar-refractivity contribution in [1.82, 2.24) is 0 Å². The van der Waals surface area contributed by atoms with Gasteiger partial charge in [0.05, 0.1) is 12.2 Å². The highest BCUT2D eigenvalue weighted by atomic mass is 16.6. The van der Waals surface area contributed by atoms with E-state index >= 15 is 0 Å². The van der Waals surface area contributed by atoms with Crippen LogP contribution in [0.5, 0.6) is 0 Å². The maximum absolute atomic E-state index is 11.4. The fourth-order valence-electron chi connectivity index (χ4n) is 1.07. The average Bonchev–Trinajstić information content (AvgIpc) is 2.29. The summed E-state index contributed by atoms with van der Waals surface area (Å²) in [7, 11) is 1.52. The maximum atomic E-state index is 11.4. The number of ether oxygens (including phenoxy) is 2. The van der Waals surface area contributed by atoms with Gasteiger partial charge in [0.15, 0.2) is 0 Å². The number of hydrogen-bond donors (Lipinski definition) is 1. The molecule has 0 saturated carbocycles. The molecule has 2 N–H and O–H groups in total. The molecular formula is C11H13NO4. The van der Waals surface area contributed by atoms with Gasteiger partial charge in [0.2, 0.25) is 5.91 Å². The lowest BCUT2D eigenvalue weighted by Gasteiger charge is -2.04. The van der Waals surface area contributed by atoms with Crippen molar-refractivity contribution in [1.29, 1.82) is 0 Å². The third-order valence-corrected chi connectivity index (χ3v) is 1.93. The zero-order valence-electron chi connectivity index (χ0n) is 8.93. The Morgan fingerprint density at radius 2 is 1.69 bits per heavy atom. The zero-order valence-corrected chi connectivity index (χ0v) is 8.93. The molecule has 86 valence electrons. The summed E-state index contributed by atoms with van der Waals surface area (Å²) in [4.78, 5) is 22.2. The molecule has 0 aromatic heterocycles. The summed E-state index contributed by atoms with van der Waals surface area (Å²) < 4.78 is 9.63. The lowest BCUT2D eigenvalue weighted by molar-refractivity contribution is 0.0388. The van der Waals surface area contributed by atoms with E-state index in [0.717, 1.165) is 0 Å². The van der Waals surface area contributed by atoms with Gasteiger partial charge in [0, 0.05) is 12.7 Å². The van der Waals surface area contributed by atoms with Crippen molar-refractivity contribution in [2.75, 3.05) is 20.3 Å². The molecule has 0 spiro atoms. The average molecular weight is 223 g/mol. The SMILES string of the molecule is COCCOC(=O)c1ccc(C(N)=O)cc1. The fraction of sp³-hybridized carbons (Fsp3) is 0.273. The molecule has 0 aliphatic heterocycles. The first-order chi connectivity index (χ1) is 7.65. The van der Waals surface area contributed by atoms with Crippen LogP contribution in [0.25, 0.3) is 0 Å². The van der Waals surface area contributed by atoms with Gasteiger partial charge in [-0.05, 0) is 24.3 Å². The number of esters is 1. The minimum absolute atomic E-state index is 0.201. The lowest BCUT2D eigenvalue weighted by atomic mass is 10.1. The van der Waals surface area contributed by atoms with E-state index in [-0.39, 0.29) is 6.61 Å². The number of hydrogen-bond acceptors (Lipinski definition) is 4. The van der Waals surface area contributed by atoms with Gasteiger partial charge in [-0.2, -0.15) is 0 Å². The molecule has 0 unspecified atom stereocenters. The number of amides is 1. The van der Waals surface area contributed by atoms with Crippen molar-refractivity contribution in [2.24, 2.45) is 5.73 Å². The number of nitrogens with two attached hydrogens (primary N) is 1. The minimum atomic E-state index is -0.528. The summed E-state index contributed by atoms with van der Waals surface area (Å²) in [5.41, 5.74) is 5.80. The normalized spacial score (nSPS) is 9.81. The Morgan fingerprint density at radius 3 is 2.19 bits per heavy atom. The summed E-state index contributed by atoms with van der Waals surface area (Å²) in [6.07, 6.45) is 0.